The molecule has 0 saturated heterocycles. The Kier molecular flexibility index (Phi) is 7.44. The third kappa shape index (κ3) is 4.50. The fourth-order valence-corrected chi connectivity index (χ4v) is 2.31. The molecule has 0 unspecified atom stereocenters. The van der Waals surface area contributed by atoms with Gasteiger partial charge in [0, 0.05) is 26.2 Å². The van der Waals surface area contributed by atoms with E-state index in [0.29, 0.717) is 6.54 Å². The van der Waals surface area contributed by atoms with E-state index in [1.807, 2.05) is 27.0 Å². The lowest BCUT2D eigenvalue weighted by atomic mass is 10.0. The summed E-state index contributed by atoms with van der Waals surface area (Å²) in [5.41, 5.74) is 1.15. The van der Waals surface area contributed by atoms with Crippen LogP contribution in [0.15, 0.2) is 41.4 Å². The van der Waals surface area contributed by atoms with Crippen molar-refractivity contribution in [2.75, 3.05) is 14.1 Å². The number of guanidine groups is 1. The summed E-state index contributed by atoms with van der Waals surface area (Å²) >= 11 is 0. The molecule has 2 N–H and O–H groups in total. The van der Waals surface area contributed by atoms with E-state index in [2.05, 4.69) is 46.0 Å². The SMILES string of the molecule is CN=C(NC)NCc1c(OC(C)C)ccc2ccccc12.I. The Morgan fingerprint density at radius 1 is 1.18 bits per heavy atom. The van der Waals surface area contributed by atoms with Crippen LogP contribution in [0.5, 0.6) is 5.75 Å². The summed E-state index contributed by atoms with van der Waals surface area (Å²) in [6.45, 7) is 4.74. The van der Waals surface area contributed by atoms with Crippen LogP contribution in [0.3, 0.4) is 0 Å². The highest BCUT2D eigenvalue weighted by atomic mass is 127. The number of aliphatic imine (C=N–C) groups is 1. The first kappa shape index (κ1) is 18.5. The van der Waals surface area contributed by atoms with Crippen LogP contribution in [0.4, 0.5) is 0 Å². The molecule has 0 radical (unpaired) electrons. The second-order valence-corrected chi connectivity index (χ2v) is 5.11. The average Bonchev–Trinajstić information content (AvgIpc) is 2.49. The second-order valence-electron chi connectivity index (χ2n) is 5.11. The van der Waals surface area contributed by atoms with Gasteiger partial charge in [-0.05, 0) is 30.7 Å². The zero-order valence-corrected chi connectivity index (χ0v) is 15.8. The Bertz CT molecular complexity index is 641. The van der Waals surface area contributed by atoms with Crippen molar-refractivity contribution >= 4 is 40.7 Å². The topological polar surface area (TPSA) is 45.7 Å². The number of ether oxygens (including phenoxy) is 1. The quantitative estimate of drug-likeness (QED) is 0.458. The number of benzene rings is 2. The molecule has 0 aliphatic carbocycles. The van der Waals surface area contributed by atoms with Gasteiger partial charge in [0.2, 0.25) is 0 Å². The van der Waals surface area contributed by atoms with Crippen LogP contribution in [0.1, 0.15) is 19.4 Å². The molecule has 2 aromatic rings. The summed E-state index contributed by atoms with van der Waals surface area (Å²) in [6.07, 6.45) is 0.147. The van der Waals surface area contributed by atoms with Gasteiger partial charge in [-0.25, -0.2) is 0 Å². The summed E-state index contributed by atoms with van der Waals surface area (Å²) in [6, 6.07) is 12.5. The van der Waals surface area contributed by atoms with E-state index >= 15 is 0 Å². The second kappa shape index (κ2) is 8.82. The van der Waals surface area contributed by atoms with Crippen molar-refractivity contribution in [2.45, 2.75) is 26.5 Å². The fraction of sp³-hybridized carbons (Fsp3) is 0.353. The smallest absolute Gasteiger partial charge is 0.190 e. The largest absolute Gasteiger partial charge is 0.491 e. The molecule has 0 bridgehead atoms. The number of nitrogens with one attached hydrogen (secondary N) is 2. The molecule has 0 aromatic heterocycles. The molecule has 4 nitrogen and oxygen atoms in total. The first-order valence-electron chi connectivity index (χ1n) is 7.21. The Labute approximate surface area is 149 Å². The minimum absolute atomic E-state index is 0. The monoisotopic (exact) mass is 413 g/mol. The van der Waals surface area contributed by atoms with Crippen molar-refractivity contribution in [2.24, 2.45) is 4.99 Å². The molecule has 120 valence electrons. The average molecular weight is 413 g/mol. The molecule has 0 fully saturated rings. The molecule has 0 amide bonds. The van der Waals surface area contributed by atoms with Crippen LogP contribution in [0.25, 0.3) is 10.8 Å². The zero-order valence-electron chi connectivity index (χ0n) is 13.5. The summed E-state index contributed by atoms with van der Waals surface area (Å²) in [7, 11) is 3.61. The lowest BCUT2D eigenvalue weighted by Gasteiger charge is -2.17. The Hall–Kier alpha value is -1.50. The minimum Gasteiger partial charge on any atom is -0.491 e. The van der Waals surface area contributed by atoms with E-state index in [4.69, 9.17) is 4.74 Å². The minimum atomic E-state index is 0. The summed E-state index contributed by atoms with van der Waals surface area (Å²) in [4.78, 5) is 4.15. The predicted molar refractivity (Wildman–Crippen MR) is 104 cm³/mol. The van der Waals surface area contributed by atoms with E-state index in [0.717, 1.165) is 17.3 Å². The molecule has 0 aliphatic heterocycles. The number of hydrogen-bond acceptors (Lipinski definition) is 2. The van der Waals surface area contributed by atoms with Gasteiger partial charge in [-0.1, -0.05) is 30.3 Å². The van der Waals surface area contributed by atoms with Gasteiger partial charge in [-0.15, -0.1) is 24.0 Å². The van der Waals surface area contributed by atoms with Gasteiger partial charge in [-0.3, -0.25) is 4.99 Å². The normalized spacial score (nSPS) is 11.2. The van der Waals surface area contributed by atoms with Crippen LogP contribution in [-0.4, -0.2) is 26.2 Å². The molecule has 0 atom stereocenters. The van der Waals surface area contributed by atoms with Crippen molar-refractivity contribution < 1.29 is 4.74 Å². The number of nitrogens with zero attached hydrogens (tertiary/aromatic N) is 1. The van der Waals surface area contributed by atoms with Crippen molar-refractivity contribution in [3.05, 3.63) is 42.0 Å². The molecular weight excluding hydrogens is 389 g/mol. The molecule has 2 aromatic carbocycles. The van der Waals surface area contributed by atoms with Gasteiger partial charge < -0.3 is 15.4 Å². The summed E-state index contributed by atoms with van der Waals surface area (Å²) in [5, 5.41) is 8.74. The van der Waals surface area contributed by atoms with E-state index in [1.165, 1.54) is 10.8 Å². The van der Waals surface area contributed by atoms with Crippen molar-refractivity contribution in [3.8, 4) is 5.75 Å². The third-order valence-corrected chi connectivity index (χ3v) is 3.25. The molecule has 5 heteroatoms. The molecule has 0 aliphatic rings. The molecule has 0 saturated carbocycles. The van der Waals surface area contributed by atoms with Gasteiger partial charge in [0.1, 0.15) is 5.75 Å². The highest BCUT2D eigenvalue weighted by Crippen LogP contribution is 2.28. The maximum atomic E-state index is 5.95. The fourth-order valence-electron chi connectivity index (χ4n) is 2.31. The Balaban J connectivity index is 0.00000242. The van der Waals surface area contributed by atoms with Crippen LogP contribution in [-0.2, 0) is 6.54 Å². The van der Waals surface area contributed by atoms with Crippen molar-refractivity contribution in [1.29, 1.82) is 0 Å². The van der Waals surface area contributed by atoms with Gasteiger partial charge in [0.25, 0.3) is 0 Å². The number of fused-ring (bicyclic) bond motifs is 1. The Morgan fingerprint density at radius 2 is 1.91 bits per heavy atom. The van der Waals surface area contributed by atoms with E-state index < -0.39 is 0 Å². The van der Waals surface area contributed by atoms with Crippen molar-refractivity contribution in [3.63, 3.8) is 0 Å². The van der Waals surface area contributed by atoms with Crippen molar-refractivity contribution in [1.82, 2.24) is 10.6 Å². The maximum absolute atomic E-state index is 5.95. The van der Waals surface area contributed by atoms with Gasteiger partial charge in [0.15, 0.2) is 5.96 Å². The van der Waals surface area contributed by atoms with Crippen LogP contribution in [0.2, 0.25) is 0 Å². The van der Waals surface area contributed by atoms with Gasteiger partial charge >= 0.3 is 0 Å². The number of rotatable bonds is 4. The number of hydrogen-bond donors (Lipinski definition) is 2. The van der Waals surface area contributed by atoms with E-state index in [1.54, 1.807) is 7.05 Å². The standard InChI is InChI=1S/C17H23N3O.HI/c1-12(2)21-16-10-9-13-7-5-6-8-14(13)15(16)11-20-17(18-3)19-4;/h5-10,12H,11H2,1-4H3,(H2,18,19,20);1H. The molecular formula is C17H24IN3O. The first-order chi connectivity index (χ1) is 10.2. The van der Waals surface area contributed by atoms with Crippen LogP contribution < -0.4 is 15.4 Å². The lowest BCUT2D eigenvalue weighted by Crippen LogP contribution is -2.34. The third-order valence-electron chi connectivity index (χ3n) is 3.25. The van der Waals surface area contributed by atoms with E-state index in [-0.39, 0.29) is 30.1 Å². The van der Waals surface area contributed by atoms with Crippen LogP contribution in [0, 0.1) is 0 Å². The molecule has 0 spiro atoms. The van der Waals surface area contributed by atoms with Gasteiger partial charge in [0.05, 0.1) is 6.10 Å². The molecule has 22 heavy (non-hydrogen) atoms. The molecule has 0 heterocycles. The highest BCUT2D eigenvalue weighted by Gasteiger charge is 2.10. The van der Waals surface area contributed by atoms with Gasteiger partial charge in [-0.2, -0.15) is 0 Å². The summed E-state index contributed by atoms with van der Waals surface area (Å²) < 4.78 is 5.95. The highest BCUT2D eigenvalue weighted by molar-refractivity contribution is 14.0. The lowest BCUT2D eigenvalue weighted by molar-refractivity contribution is 0.240. The predicted octanol–water partition coefficient (Wildman–Crippen LogP) is 3.54. The summed E-state index contributed by atoms with van der Waals surface area (Å²) in [5.74, 6) is 1.68. The molecule has 2 rings (SSSR count). The van der Waals surface area contributed by atoms with Crippen LogP contribution >= 0.6 is 24.0 Å². The zero-order chi connectivity index (χ0) is 15.2. The Morgan fingerprint density at radius 3 is 2.55 bits per heavy atom. The maximum Gasteiger partial charge on any atom is 0.190 e. The number of halogens is 1. The van der Waals surface area contributed by atoms with E-state index in [9.17, 15) is 0 Å². The first-order valence-corrected chi connectivity index (χ1v) is 7.21.